The number of nitrogens with zero attached hydrogens (tertiary/aromatic N) is 1. The number of benzene rings is 1. The summed E-state index contributed by atoms with van der Waals surface area (Å²) in [5.74, 6) is -0.247. The second kappa shape index (κ2) is 8.31. The Kier molecular flexibility index (Phi) is 5.34. The molecule has 7 heteroatoms. The number of phenols is 1. The lowest BCUT2D eigenvalue weighted by molar-refractivity contribution is -0.171. The van der Waals surface area contributed by atoms with E-state index in [4.69, 9.17) is 14.2 Å². The quantitative estimate of drug-likeness (QED) is 0.555. The molecule has 3 fully saturated rings. The van der Waals surface area contributed by atoms with Gasteiger partial charge in [0.05, 0.1) is 12.2 Å². The topological polar surface area (TPSA) is 85.3 Å². The van der Waals surface area contributed by atoms with Crippen LogP contribution in [0.1, 0.15) is 69.3 Å². The molecule has 0 amide bonds. The average Bonchev–Trinajstić information content (AvgIpc) is 3.17. The Hall–Kier alpha value is -2.90. The summed E-state index contributed by atoms with van der Waals surface area (Å²) in [7, 11) is 0. The normalized spacial score (nSPS) is 35.4. The number of piperidine rings is 1. The predicted molar refractivity (Wildman–Crippen MR) is 146 cm³/mol. The number of allylic oxidation sites excluding steroid dienone is 2. The molecular weight excluding hydrogens is 494 g/mol. The van der Waals surface area contributed by atoms with E-state index >= 15 is 0 Å². The second-order valence-corrected chi connectivity index (χ2v) is 12.9. The Morgan fingerprint density at radius 1 is 1.13 bits per heavy atom. The Bertz CT molecular complexity index is 1380. The average molecular weight is 532 g/mol. The highest BCUT2D eigenvalue weighted by atomic mass is 16.6. The van der Waals surface area contributed by atoms with Crippen molar-refractivity contribution < 1.29 is 28.9 Å². The van der Waals surface area contributed by atoms with Gasteiger partial charge < -0.3 is 24.2 Å². The summed E-state index contributed by atoms with van der Waals surface area (Å²) in [6.45, 7) is 11.1. The predicted octanol–water partition coefficient (Wildman–Crippen LogP) is 4.87. The summed E-state index contributed by atoms with van der Waals surface area (Å²) in [5.41, 5.74) is -0.926. The second-order valence-electron chi connectivity index (χ2n) is 12.9. The number of carbonyl (C=O) groups is 2. The van der Waals surface area contributed by atoms with E-state index in [0.717, 1.165) is 25.2 Å². The summed E-state index contributed by atoms with van der Waals surface area (Å²) in [6.07, 6.45) is 11.5. The van der Waals surface area contributed by atoms with Crippen LogP contribution < -0.4 is 9.47 Å². The van der Waals surface area contributed by atoms with Gasteiger partial charge in [-0.15, -0.1) is 0 Å². The summed E-state index contributed by atoms with van der Waals surface area (Å²) in [6, 6.07) is 1.72. The summed E-state index contributed by atoms with van der Waals surface area (Å²) < 4.78 is 19.7. The maximum Gasteiger partial charge on any atom is 0.200 e. The zero-order valence-corrected chi connectivity index (χ0v) is 23.2. The fourth-order valence-electron chi connectivity index (χ4n) is 7.96. The first-order chi connectivity index (χ1) is 18.6. The molecule has 1 spiro atoms. The summed E-state index contributed by atoms with van der Waals surface area (Å²) >= 11 is 0. The number of hydrogen-bond acceptors (Lipinski definition) is 7. The van der Waals surface area contributed by atoms with Crippen molar-refractivity contribution >= 4 is 17.6 Å². The Morgan fingerprint density at radius 3 is 2.64 bits per heavy atom. The number of ketones is 2. The highest BCUT2D eigenvalue weighted by molar-refractivity contribution is 6.18. The molecule has 1 N–H and O–H groups in total. The maximum atomic E-state index is 14.4. The van der Waals surface area contributed by atoms with Gasteiger partial charge in [0, 0.05) is 36.4 Å². The van der Waals surface area contributed by atoms with Crippen LogP contribution in [0.5, 0.6) is 17.2 Å². The van der Waals surface area contributed by atoms with Crippen LogP contribution in [0, 0.1) is 17.8 Å². The van der Waals surface area contributed by atoms with Crippen molar-refractivity contribution in [2.45, 2.75) is 70.2 Å². The summed E-state index contributed by atoms with van der Waals surface area (Å²) in [4.78, 5) is 31.2. The van der Waals surface area contributed by atoms with Crippen molar-refractivity contribution in [1.82, 2.24) is 4.90 Å². The van der Waals surface area contributed by atoms with E-state index in [0.29, 0.717) is 29.9 Å². The van der Waals surface area contributed by atoms with Crippen LogP contribution >= 0.6 is 0 Å². The molecule has 206 valence electrons. The van der Waals surface area contributed by atoms with Gasteiger partial charge in [-0.3, -0.25) is 9.59 Å². The molecule has 3 aliphatic carbocycles. The molecular formula is C32H37NO6. The minimum absolute atomic E-state index is 0.000342. The number of Topliss-reactive ketones (excluding diaryl/α,β-unsaturated/α-hetero) is 2. The number of hydrogen-bond donors (Lipinski definition) is 1. The van der Waals surface area contributed by atoms with Gasteiger partial charge in [0.2, 0.25) is 0 Å². The largest absolute Gasteiger partial charge is 0.506 e. The Morgan fingerprint density at radius 2 is 1.90 bits per heavy atom. The van der Waals surface area contributed by atoms with Crippen molar-refractivity contribution in [3.05, 3.63) is 46.6 Å². The van der Waals surface area contributed by atoms with E-state index in [1.54, 1.807) is 12.1 Å². The Balaban J connectivity index is 1.40. The van der Waals surface area contributed by atoms with Gasteiger partial charge in [-0.2, -0.15) is 0 Å². The van der Waals surface area contributed by atoms with Crippen LogP contribution in [-0.2, 0) is 9.53 Å². The number of ether oxygens (including phenoxy) is 3. The molecule has 1 aromatic carbocycles. The van der Waals surface area contributed by atoms with Crippen molar-refractivity contribution in [2.24, 2.45) is 17.8 Å². The molecule has 7 nitrogen and oxygen atoms in total. The van der Waals surface area contributed by atoms with E-state index in [9.17, 15) is 14.7 Å². The van der Waals surface area contributed by atoms with E-state index < -0.39 is 22.7 Å². The number of fused-ring (bicyclic) bond motifs is 2. The molecule has 4 bridgehead atoms. The fraction of sp³-hybridized carbons (Fsp3) is 0.562. The molecule has 8 rings (SSSR count). The molecule has 5 atom stereocenters. The minimum atomic E-state index is -1.28. The van der Waals surface area contributed by atoms with Gasteiger partial charge >= 0.3 is 0 Å². The van der Waals surface area contributed by atoms with Gasteiger partial charge in [0.25, 0.3) is 0 Å². The zero-order valence-electron chi connectivity index (χ0n) is 23.2. The van der Waals surface area contributed by atoms with Crippen LogP contribution in [0.4, 0.5) is 0 Å². The van der Waals surface area contributed by atoms with E-state index in [-0.39, 0.29) is 40.5 Å². The fourth-order valence-corrected chi connectivity index (χ4v) is 7.96. The third kappa shape index (κ3) is 3.29. The number of likely N-dealkylation sites (tertiary alicyclic amines) is 1. The SMILES string of the molecule is CC(C)=CCC12OC[C@@H]3[C@@H](CN4CCCCC4)[C@@H](C=C4C(=O)c5c(cc6c(c5O)C=CC(C)(C)O6)O[C@]431)C2=O. The monoisotopic (exact) mass is 531 g/mol. The number of rotatable bonds is 4. The highest BCUT2D eigenvalue weighted by Crippen LogP contribution is 2.65. The molecule has 0 aromatic heterocycles. The van der Waals surface area contributed by atoms with E-state index in [1.165, 1.54) is 19.3 Å². The van der Waals surface area contributed by atoms with E-state index in [1.807, 2.05) is 45.9 Å². The third-order valence-electron chi connectivity index (χ3n) is 9.81. The molecule has 0 radical (unpaired) electrons. The summed E-state index contributed by atoms with van der Waals surface area (Å²) in [5, 5.41) is 11.3. The first kappa shape index (κ1) is 25.1. The lowest BCUT2D eigenvalue weighted by Gasteiger charge is -2.58. The number of phenolic OH excluding ortho intramolecular Hbond substituents is 1. The highest BCUT2D eigenvalue weighted by Gasteiger charge is 2.79. The van der Waals surface area contributed by atoms with Gasteiger partial charge in [-0.05, 0) is 71.7 Å². The van der Waals surface area contributed by atoms with Crippen molar-refractivity contribution in [3.63, 3.8) is 0 Å². The van der Waals surface area contributed by atoms with Gasteiger partial charge in [-0.25, -0.2) is 0 Å². The Labute approximate surface area is 229 Å². The van der Waals surface area contributed by atoms with Crippen molar-refractivity contribution in [1.29, 1.82) is 0 Å². The van der Waals surface area contributed by atoms with Crippen LogP contribution in [0.15, 0.2) is 35.4 Å². The molecule has 1 unspecified atom stereocenters. The van der Waals surface area contributed by atoms with Crippen LogP contribution in [0.2, 0.25) is 0 Å². The molecule has 1 saturated carbocycles. The standard InChI is InChI=1S/C32H37NO6/c1-18(2)8-11-31-29(36)20-14-22-28(35)26-25(15-24-19(27(26)34)9-10-30(3,4)38-24)39-32(22,31)23(17-37-31)21(20)16-33-12-6-5-7-13-33/h8-10,14-15,20-21,23,34H,5-7,11-13,16-17H2,1-4H3/t20-,21+,23-,31?,32-/m1/s1. The zero-order chi connectivity index (χ0) is 27.3. The van der Waals surface area contributed by atoms with Gasteiger partial charge in [0.1, 0.15) is 28.4 Å². The molecule has 4 heterocycles. The van der Waals surface area contributed by atoms with Crippen molar-refractivity contribution in [2.75, 3.05) is 26.2 Å². The lowest BCUT2D eigenvalue weighted by atomic mass is 9.49. The third-order valence-corrected chi connectivity index (χ3v) is 9.81. The number of carbonyl (C=O) groups excluding carboxylic acids is 2. The van der Waals surface area contributed by atoms with Crippen LogP contribution in [0.3, 0.4) is 0 Å². The minimum Gasteiger partial charge on any atom is -0.506 e. The first-order valence-electron chi connectivity index (χ1n) is 14.4. The number of aromatic hydroxyl groups is 1. The van der Waals surface area contributed by atoms with E-state index in [2.05, 4.69) is 4.90 Å². The molecule has 2 saturated heterocycles. The van der Waals surface area contributed by atoms with Gasteiger partial charge in [-0.1, -0.05) is 24.1 Å². The van der Waals surface area contributed by atoms with Crippen molar-refractivity contribution in [3.8, 4) is 17.2 Å². The molecule has 39 heavy (non-hydrogen) atoms. The molecule has 1 aromatic rings. The van der Waals surface area contributed by atoms with Crippen LogP contribution in [0.25, 0.3) is 6.08 Å². The maximum absolute atomic E-state index is 14.4. The smallest absolute Gasteiger partial charge is 0.200 e. The molecule has 7 aliphatic rings. The first-order valence-corrected chi connectivity index (χ1v) is 14.4. The van der Waals surface area contributed by atoms with Gasteiger partial charge in [0.15, 0.2) is 22.8 Å². The lowest BCUT2D eigenvalue weighted by Crippen LogP contribution is -2.74. The van der Waals surface area contributed by atoms with Crippen LogP contribution in [-0.4, -0.2) is 64.6 Å². The molecule has 4 aliphatic heterocycles.